The summed E-state index contributed by atoms with van der Waals surface area (Å²) in [5, 5.41) is 6.36. The van der Waals surface area contributed by atoms with Crippen molar-refractivity contribution in [2.75, 3.05) is 0 Å². The van der Waals surface area contributed by atoms with Crippen LogP contribution >= 0.6 is 11.3 Å². The molecule has 0 aliphatic heterocycles. The van der Waals surface area contributed by atoms with Crippen LogP contribution in [0.25, 0.3) is 0 Å². The van der Waals surface area contributed by atoms with Crippen molar-refractivity contribution in [2.45, 2.75) is 38.8 Å². The number of aromatic nitrogens is 2. The Hall–Kier alpha value is -1.46. The maximum Gasteiger partial charge on any atom is 0.160 e. The van der Waals surface area contributed by atoms with E-state index < -0.39 is 6.04 Å². The number of nitrogens with zero attached hydrogens (tertiary/aromatic N) is 2. The van der Waals surface area contributed by atoms with Crippen molar-refractivity contribution in [3.63, 3.8) is 0 Å². The predicted molar refractivity (Wildman–Crippen MR) is 77.2 cm³/mol. The zero-order valence-corrected chi connectivity index (χ0v) is 12.1. The summed E-state index contributed by atoms with van der Waals surface area (Å²) < 4.78 is 1.90. The summed E-state index contributed by atoms with van der Waals surface area (Å²) in [4.78, 5) is 13.0. The van der Waals surface area contributed by atoms with Gasteiger partial charge in [0.1, 0.15) is 0 Å². The monoisotopic (exact) mass is 277 g/mol. The molecule has 2 N–H and O–H groups in total. The van der Waals surface area contributed by atoms with Crippen LogP contribution < -0.4 is 5.73 Å². The highest BCUT2D eigenvalue weighted by Gasteiger charge is 2.18. The fourth-order valence-electron chi connectivity index (χ4n) is 1.82. The van der Waals surface area contributed by atoms with Gasteiger partial charge in [0.2, 0.25) is 0 Å². The van der Waals surface area contributed by atoms with Gasteiger partial charge in [-0.15, -0.1) is 11.3 Å². The SMILES string of the molecule is CCC(C)n1ccc(CC(=O)C(N)c2cccs2)n1. The first-order valence-corrected chi connectivity index (χ1v) is 7.35. The average Bonchev–Trinajstić information content (AvgIpc) is 3.07. The van der Waals surface area contributed by atoms with Gasteiger partial charge in [-0.2, -0.15) is 5.10 Å². The lowest BCUT2D eigenvalue weighted by molar-refractivity contribution is -0.119. The average molecular weight is 277 g/mol. The Morgan fingerprint density at radius 3 is 2.95 bits per heavy atom. The molecule has 102 valence electrons. The van der Waals surface area contributed by atoms with Crippen molar-refractivity contribution in [3.05, 3.63) is 40.3 Å². The van der Waals surface area contributed by atoms with Gasteiger partial charge in [0, 0.05) is 17.1 Å². The van der Waals surface area contributed by atoms with Crippen molar-refractivity contribution >= 4 is 17.1 Å². The van der Waals surface area contributed by atoms with Gasteiger partial charge < -0.3 is 5.73 Å². The van der Waals surface area contributed by atoms with E-state index in [-0.39, 0.29) is 5.78 Å². The molecule has 0 spiro atoms. The van der Waals surface area contributed by atoms with Gasteiger partial charge in [-0.05, 0) is 30.9 Å². The molecule has 2 aromatic heterocycles. The summed E-state index contributed by atoms with van der Waals surface area (Å²) in [6, 6.07) is 5.52. The molecule has 0 amide bonds. The second-order valence-electron chi connectivity index (χ2n) is 4.68. The summed E-state index contributed by atoms with van der Waals surface area (Å²) in [6.45, 7) is 4.22. The summed E-state index contributed by atoms with van der Waals surface area (Å²) in [7, 11) is 0. The van der Waals surface area contributed by atoms with Gasteiger partial charge in [-0.1, -0.05) is 13.0 Å². The van der Waals surface area contributed by atoms with Gasteiger partial charge >= 0.3 is 0 Å². The molecule has 5 heteroatoms. The van der Waals surface area contributed by atoms with E-state index in [1.165, 1.54) is 11.3 Å². The van der Waals surface area contributed by atoms with E-state index in [2.05, 4.69) is 18.9 Å². The van der Waals surface area contributed by atoms with Crippen molar-refractivity contribution in [2.24, 2.45) is 5.73 Å². The largest absolute Gasteiger partial charge is 0.317 e. The Kier molecular flexibility index (Phi) is 4.50. The molecule has 2 unspecified atom stereocenters. The van der Waals surface area contributed by atoms with Crippen molar-refractivity contribution in [3.8, 4) is 0 Å². The van der Waals surface area contributed by atoms with E-state index in [1.807, 2.05) is 34.5 Å². The van der Waals surface area contributed by atoms with E-state index in [0.717, 1.165) is 17.0 Å². The zero-order chi connectivity index (χ0) is 13.8. The lowest BCUT2D eigenvalue weighted by Gasteiger charge is -2.09. The number of nitrogens with two attached hydrogens (primary N) is 1. The molecule has 4 nitrogen and oxygen atoms in total. The van der Waals surface area contributed by atoms with E-state index in [1.54, 1.807) is 0 Å². The summed E-state index contributed by atoms with van der Waals surface area (Å²) >= 11 is 1.51. The number of thiophene rings is 1. The number of carbonyl (C=O) groups excluding carboxylic acids is 1. The molecule has 2 atom stereocenters. The molecule has 0 saturated heterocycles. The Balaban J connectivity index is 2.01. The Labute approximate surface area is 117 Å². The van der Waals surface area contributed by atoms with Crippen LogP contribution in [0.2, 0.25) is 0 Å². The molecule has 0 bridgehead atoms. The third kappa shape index (κ3) is 3.30. The van der Waals surface area contributed by atoms with E-state index in [4.69, 9.17) is 5.73 Å². The Morgan fingerprint density at radius 1 is 1.53 bits per heavy atom. The maximum absolute atomic E-state index is 12.1. The molecule has 0 aromatic carbocycles. The first kappa shape index (κ1) is 14.0. The highest BCUT2D eigenvalue weighted by Crippen LogP contribution is 2.19. The second kappa shape index (κ2) is 6.12. The third-order valence-electron chi connectivity index (χ3n) is 3.26. The van der Waals surface area contributed by atoms with Crippen molar-refractivity contribution in [1.29, 1.82) is 0 Å². The molecule has 2 heterocycles. The molecule has 0 saturated carbocycles. The molecule has 2 aromatic rings. The molecule has 0 fully saturated rings. The van der Waals surface area contributed by atoms with Crippen LogP contribution in [0.1, 0.15) is 42.9 Å². The number of ketones is 1. The molecule has 19 heavy (non-hydrogen) atoms. The fourth-order valence-corrected chi connectivity index (χ4v) is 2.57. The number of carbonyl (C=O) groups is 1. The normalized spacial score (nSPS) is 14.3. The van der Waals surface area contributed by atoms with E-state index in [9.17, 15) is 4.79 Å². The molecular weight excluding hydrogens is 258 g/mol. The number of hydrogen-bond acceptors (Lipinski definition) is 4. The molecular formula is C14H19N3OS. The first-order chi connectivity index (χ1) is 9.11. The molecule has 0 aliphatic rings. The maximum atomic E-state index is 12.1. The number of hydrogen-bond donors (Lipinski definition) is 1. The topological polar surface area (TPSA) is 60.9 Å². The smallest absolute Gasteiger partial charge is 0.160 e. The van der Waals surface area contributed by atoms with Crippen molar-refractivity contribution in [1.82, 2.24) is 9.78 Å². The van der Waals surface area contributed by atoms with Crippen LogP contribution in [0.5, 0.6) is 0 Å². The van der Waals surface area contributed by atoms with Gasteiger partial charge in [0.15, 0.2) is 5.78 Å². The van der Waals surface area contributed by atoms with Crippen LogP contribution in [-0.2, 0) is 11.2 Å². The Bertz CT molecular complexity index is 533. The fraction of sp³-hybridized carbons (Fsp3) is 0.429. The summed E-state index contributed by atoms with van der Waals surface area (Å²) in [6.07, 6.45) is 3.24. The molecule has 2 rings (SSSR count). The van der Waals surface area contributed by atoms with Crippen LogP contribution in [0.3, 0.4) is 0 Å². The lowest BCUT2D eigenvalue weighted by Crippen LogP contribution is -2.22. The highest BCUT2D eigenvalue weighted by molar-refractivity contribution is 7.10. The van der Waals surface area contributed by atoms with Crippen LogP contribution in [0, 0.1) is 0 Å². The van der Waals surface area contributed by atoms with E-state index in [0.29, 0.717) is 12.5 Å². The highest BCUT2D eigenvalue weighted by atomic mass is 32.1. The molecule has 0 aliphatic carbocycles. The minimum absolute atomic E-state index is 0.0110. The summed E-state index contributed by atoms with van der Waals surface area (Å²) in [5.41, 5.74) is 6.74. The van der Waals surface area contributed by atoms with Crippen molar-refractivity contribution < 1.29 is 4.79 Å². The van der Waals surface area contributed by atoms with Gasteiger partial charge in [-0.3, -0.25) is 9.48 Å². The molecule has 0 radical (unpaired) electrons. The quantitative estimate of drug-likeness (QED) is 0.883. The Morgan fingerprint density at radius 2 is 2.32 bits per heavy atom. The minimum Gasteiger partial charge on any atom is -0.317 e. The van der Waals surface area contributed by atoms with Crippen LogP contribution in [0.15, 0.2) is 29.8 Å². The van der Waals surface area contributed by atoms with E-state index >= 15 is 0 Å². The van der Waals surface area contributed by atoms with Crippen LogP contribution in [-0.4, -0.2) is 15.6 Å². The third-order valence-corrected chi connectivity index (χ3v) is 4.21. The van der Waals surface area contributed by atoms with Crippen LogP contribution in [0.4, 0.5) is 0 Å². The first-order valence-electron chi connectivity index (χ1n) is 6.47. The number of rotatable bonds is 6. The van der Waals surface area contributed by atoms with Gasteiger partial charge in [-0.25, -0.2) is 0 Å². The number of Topliss-reactive ketones (excluding diaryl/α,β-unsaturated/α-hetero) is 1. The summed E-state index contributed by atoms with van der Waals surface area (Å²) in [5.74, 6) is 0.0110. The zero-order valence-electron chi connectivity index (χ0n) is 11.2. The standard InChI is InChI=1S/C14H19N3OS/c1-3-10(2)17-7-6-11(16-17)9-12(18)14(15)13-5-4-8-19-13/h4-8,10,14H,3,9,15H2,1-2H3. The van der Waals surface area contributed by atoms with Gasteiger partial charge in [0.05, 0.1) is 18.2 Å². The predicted octanol–water partition coefficient (Wildman–Crippen LogP) is 2.73. The minimum atomic E-state index is -0.534. The van der Waals surface area contributed by atoms with Gasteiger partial charge in [0.25, 0.3) is 0 Å². The second-order valence-corrected chi connectivity index (χ2v) is 5.66. The lowest BCUT2D eigenvalue weighted by atomic mass is 10.1.